The lowest BCUT2D eigenvalue weighted by Crippen LogP contribution is -2.42. The number of hydrogen-bond acceptors (Lipinski definition) is 5. The molecule has 0 aromatic carbocycles. The Morgan fingerprint density at radius 1 is 0.308 bits per heavy atom. The first-order chi connectivity index (χ1) is 32.1. The van der Waals surface area contributed by atoms with E-state index in [9.17, 15) is 4.79 Å². The molecular formula is C59H117BrO5. The van der Waals surface area contributed by atoms with Gasteiger partial charge in [0, 0.05) is 31.6 Å². The van der Waals surface area contributed by atoms with Gasteiger partial charge in [-0.25, -0.2) is 0 Å². The van der Waals surface area contributed by atoms with E-state index in [-0.39, 0.29) is 5.97 Å². The van der Waals surface area contributed by atoms with Gasteiger partial charge < -0.3 is 18.9 Å². The Hall–Kier alpha value is -0.170. The molecule has 0 bridgehead atoms. The van der Waals surface area contributed by atoms with Crippen LogP contribution in [0.5, 0.6) is 0 Å². The van der Waals surface area contributed by atoms with Gasteiger partial charge in [-0.1, -0.05) is 294 Å². The van der Waals surface area contributed by atoms with E-state index in [1.165, 1.54) is 250 Å². The molecule has 0 fully saturated rings. The third kappa shape index (κ3) is 51.5. The average molecular weight is 986 g/mol. The van der Waals surface area contributed by atoms with Gasteiger partial charge in [-0.3, -0.25) is 4.79 Å². The Morgan fingerprint density at radius 3 is 0.785 bits per heavy atom. The Bertz CT molecular complexity index is 797. The van der Waals surface area contributed by atoms with Crippen molar-refractivity contribution in [2.75, 3.05) is 51.6 Å². The Balaban J connectivity index is 4.86. The average Bonchev–Trinajstić information content (AvgIpc) is 3.31. The molecule has 5 nitrogen and oxygen atoms in total. The molecule has 6 heteroatoms. The topological polar surface area (TPSA) is 54.0 Å². The summed E-state index contributed by atoms with van der Waals surface area (Å²) in [4.78, 5) is 13.0. The molecule has 390 valence electrons. The van der Waals surface area contributed by atoms with Gasteiger partial charge in [-0.05, 0) is 32.1 Å². The van der Waals surface area contributed by atoms with Crippen LogP contribution in [0.15, 0.2) is 0 Å². The summed E-state index contributed by atoms with van der Waals surface area (Å²) >= 11 is 3.52. The highest BCUT2D eigenvalue weighted by atomic mass is 79.9. The van der Waals surface area contributed by atoms with E-state index in [2.05, 4.69) is 36.7 Å². The van der Waals surface area contributed by atoms with Crippen LogP contribution in [0, 0.1) is 5.41 Å². The predicted molar refractivity (Wildman–Crippen MR) is 289 cm³/mol. The molecule has 65 heavy (non-hydrogen) atoms. The summed E-state index contributed by atoms with van der Waals surface area (Å²) in [5.41, 5.74) is -0.479. The van der Waals surface area contributed by atoms with E-state index in [0.29, 0.717) is 32.8 Å². The molecule has 0 saturated carbocycles. The number of unbranched alkanes of at least 4 members (excludes halogenated alkanes) is 41. The smallest absolute Gasteiger partial charge is 0.305 e. The number of carbonyl (C=O) groups is 1. The molecule has 0 rings (SSSR count). The van der Waals surface area contributed by atoms with Gasteiger partial charge in [0.25, 0.3) is 0 Å². The second kappa shape index (κ2) is 56.4. The fourth-order valence-electron chi connectivity index (χ4n) is 9.16. The highest BCUT2D eigenvalue weighted by Crippen LogP contribution is 2.24. The van der Waals surface area contributed by atoms with E-state index in [0.717, 1.165) is 63.7 Å². The van der Waals surface area contributed by atoms with Crippen molar-refractivity contribution in [2.24, 2.45) is 5.41 Å². The van der Waals surface area contributed by atoms with Crippen molar-refractivity contribution in [2.45, 2.75) is 316 Å². The minimum Gasteiger partial charge on any atom is -0.465 e. The zero-order valence-electron chi connectivity index (χ0n) is 44.6. The monoisotopic (exact) mass is 985 g/mol. The van der Waals surface area contributed by atoms with E-state index in [1.54, 1.807) is 0 Å². The van der Waals surface area contributed by atoms with Gasteiger partial charge in [0.1, 0.15) is 6.61 Å². The van der Waals surface area contributed by atoms with E-state index < -0.39 is 5.41 Å². The Morgan fingerprint density at radius 2 is 0.538 bits per heavy atom. The van der Waals surface area contributed by atoms with Gasteiger partial charge >= 0.3 is 5.97 Å². The lowest BCUT2D eigenvalue weighted by molar-refractivity contribution is -0.156. The molecule has 0 radical (unpaired) electrons. The molecule has 0 aliphatic rings. The Labute approximate surface area is 416 Å². The standard InChI is InChI=1S/C59H117BrO5/c1-4-7-10-13-16-19-22-25-28-31-34-37-40-46-51-62-54-59(57-65-58(61)49-44-43-45-50-60,55-63-52-47-41-38-35-32-29-26-23-20-17-14-11-8-5-2)56-64-53-48-42-39-36-33-30-27-24-21-18-15-12-9-6-3/h4-57H2,1-3H3. The number of alkyl halides is 1. The molecule has 0 heterocycles. The maximum absolute atomic E-state index is 13.0. The van der Waals surface area contributed by atoms with Crippen molar-refractivity contribution >= 4 is 21.9 Å². The number of rotatable bonds is 58. The molecule has 0 aromatic rings. The summed E-state index contributed by atoms with van der Waals surface area (Å²) in [7, 11) is 0. The molecule has 0 amide bonds. The van der Waals surface area contributed by atoms with E-state index >= 15 is 0 Å². The number of ether oxygens (including phenoxy) is 4. The maximum atomic E-state index is 13.0. The van der Waals surface area contributed by atoms with Gasteiger partial charge in [0.05, 0.1) is 25.2 Å². The van der Waals surface area contributed by atoms with Crippen LogP contribution in [0.1, 0.15) is 316 Å². The molecule has 0 aromatic heterocycles. The lowest BCUT2D eigenvalue weighted by atomic mass is 9.92. The molecule has 0 unspecified atom stereocenters. The van der Waals surface area contributed by atoms with Crippen LogP contribution < -0.4 is 0 Å². The van der Waals surface area contributed by atoms with Crippen molar-refractivity contribution in [3.63, 3.8) is 0 Å². The Kier molecular flexibility index (Phi) is 56.3. The van der Waals surface area contributed by atoms with Crippen LogP contribution in [0.3, 0.4) is 0 Å². The van der Waals surface area contributed by atoms with Gasteiger partial charge in [-0.15, -0.1) is 0 Å². The van der Waals surface area contributed by atoms with Crippen molar-refractivity contribution in [1.82, 2.24) is 0 Å². The van der Waals surface area contributed by atoms with Gasteiger partial charge in [0.2, 0.25) is 0 Å². The van der Waals surface area contributed by atoms with Crippen LogP contribution in [-0.4, -0.2) is 57.5 Å². The summed E-state index contributed by atoms with van der Waals surface area (Å²) in [5.74, 6) is -0.102. The van der Waals surface area contributed by atoms with Crippen molar-refractivity contribution in [3.8, 4) is 0 Å². The minimum atomic E-state index is -0.479. The first kappa shape index (κ1) is 64.8. The fourth-order valence-corrected chi connectivity index (χ4v) is 9.55. The van der Waals surface area contributed by atoms with Crippen LogP contribution in [-0.2, 0) is 23.7 Å². The highest BCUT2D eigenvalue weighted by molar-refractivity contribution is 9.09. The molecule has 0 spiro atoms. The van der Waals surface area contributed by atoms with Crippen LogP contribution in [0.4, 0.5) is 0 Å². The largest absolute Gasteiger partial charge is 0.465 e. The molecule has 0 saturated heterocycles. The first-order valence-electron chi connectivity index (χ1n) is 29.6. The summed E-state index contributed by atoms with van der Waals surface area (Å²) in [6.45, 7) is 11.0. The van der Waals surface area contributed by atoms with Gasteiger partial charge in [-0.2, -0.15) is 0 Å². The lowest BCUT2D eigenvalue weighted by Gasteiger charge is -2.33. The SMILES string of the molecule is CCCCCCCCCCCCCCCCOCC(COCCCCCCCCCCCCCCCC)(COCCCCCCCCCCCCCCCC)COC(=O)CCCCCBr. The van der Waals surface area contributed by atoms with E-state index in [1.807, 2.05) is 0 Å². The van der Waals surface area contributed by atoms with Crippen LogP contribution in [0.25, 0.3) is 0 Å². The first-order valence-corrected chi connectivity index (χ1v) is 30.7. The number of carbonyl (C=O) groups excluding carboxylic acids is 1. The number of halogens is 1. The highest BCUT2D eigenvalue weighted by Gasteiger charge is 2.34. The van der Waals surface area contributed by atoms with Crippen LogP contribution >= 0.6 is 15.9 Å². The predicted octanol–water partition coefficient (Wildman–Crippen LogP) is 20.0. The number of esters is 1. The third-order valence-corrected chi connectivity index (χ3v) is 14.3. The molecular weight excluding hydrogens is 869 g/mol. The third-order valence-electron chi connectivity index (χ3n) is 13.7. The maximum Gasteiger partial charge on any atom is 0.305 e. The van der Waals surface area contributed by atoms with E-state index in [4.69, 9.17) is 18.9 Å². The minimum absolute atomic E-state index is 0.102. The fraction of sp³-hybridized carbons (Fsp3) is 0.983. The zero-order valence-corrected chi connectivity index (χ0v) is 46.2. The van der Waals surface area contributed by atoms with Crippen molar-refractivity contribution in [1.29, 1.82) is 0 Å². The second-order valence-electron chi connectivity index (χ2n) is 20.6. The molecule has 0 N–H and O–H groups in total. The zero-order chi connectivity index (χ0) is 47.1. The summed E-state index contributed by atoms with van der Waals surface area (Å²) in [5, 5.41) is 0.981. The van der Waals surface area contributed by atoms with Gasteiger partial charge in [0.15, 0.2) is 0 Å². The summed E-state index contributed by atoms with van der Waals surface area (Å²) in [6, 6.07) is 0. The molecule has 0 aliphatic heterocycles. The summed E-state index contributed by atoms with van der Waals surface area (Å²) < 4.78 is 25.4. The molecule has 0 atom stereocenters. The molecule has 0 aliphatic carbocycles. The van der Waals surface area contributed by atoms with Crippen molar-refractivity contribution in [3.05, 3.63) is 0 Å². The summed E-state index contributed by atoms with van der Waals surface area (Å²) in [6.07, 6.45) is 60.4. The van der Waals surface area contributed by atoms with Crippen LogP contribution in [0.2, 0.25) is 0 Å². The second-order valence-corrected chi connectivity index (χ2v) is 21.4. The quantitative estimate of drug-likeness (QED) is 0.0345. The normalized spacial score (nSPS) is 11.9. The van der Waals surface area contributed by atoms with Crippen molar-refractivity contribution < 1.29 is 23.7 Å². The number of hydrogen-bond donors (Lipinski definition) is 0.